The summed E-state index contributed by atoms with van der Waals surface area (Å²) >= 11 is 0. The van der Waals surface area contributed by atoms with Crippen molar-refractivity contribution in [2.45, 2.75) is 44.9 Å². The fourth-order valence-corrected chi connectivity index (χ4v) is 2.93. The Morgan fingerprint density at radius 1 is 1.09 bits per heavy atom. The molecule has 0 aromatic heterocycles. The van der Waals surface area contributed by atoms with E-state index < -0.39 is 42.4 Å². The number of fused-ring (bicyclic) bond motifs is 1. The Balaban J connectivity index is 2.07. The zero-order valence-electron chi connectivity index (χ0n) is 18.5. The number of ether oxygens (including phenoxy) is 3. The van der Waals surface area contributed by atoms with Crippen molar-refractivity contribution in [2.75, 3.05) is 13.2 Å². The summed E-state index contributed by atoms with van der Waals surface area (Å²) in [5, 5.41) is 14.6. The molecule has 0 heterocycles. The molecule has 1 amide bonds. The zero-order chi connectivity index (χ0) is 23.7. The molecule has 0 aliphatic rings. The van der Waals surface area contributed by atoms with Crippen LogP contribution in [0.25, 0.3) is 10.8 Å². The van der Waals surface area contributed by atoms with Gasteiger partial charge in [0.25, 0.3) is 0 Å². The van der Waals surface area contributed by atoms with Crippen molar-refractivity contribution >= 4 is 28.8 Å². The Kier molecular flexibility index (Phi) is 8.78. The van der Waals surface area contributed by atoms with E-state index in [9.17, 15) is 19.5 Å². The quantitative estimate of drug-likeness (QED) is 0.347. The van der Waals surface area contributed by atoms with Crippen molar-refractivity contribution in [3.8, 4) is 0 Å². The molecule has 2 atom stereocenters. The number of alkyl carbamates (subject to hydrolysis) is 1. The molecular formula is C24H29NO7. The van der Waals surface area contributed by atoms with Gasteiger partial charge in [0.05, 0.1) is 18.0 Å². The number of amides is 1. The van der Waals surface area contributed by atoms with Gasteiger partial charge in [0.1, 0.15) is 24.9 Å². The molecule has 2 rings (SSSR count). The molecule has 0 saturated carbocycles. The van der Waals surface area contributed by atoms with E-state index >= 15 is 0 Å². The molecule has 8 nitrogen and oxygen atoms in total. The Bertz CT molecular complexity index is 959. The molecule has 2 N–H and O–H groups in total. The predicted octanol–water partition coefficient (Wildman–Crippen LogP) is 3.37. The van der Waals surface area contributed by atoms with Gasteiger partial charge in [0.2, 0.25) is 0 Å². The van der Waals surface area contributed by atoms with E-state index in [0.29, 0.717) is 10.9 Å². The molecule has 0 saturated heterocycles. The summed E-state index contributed by atoms with van der Waals surface area (Å²) in [6, 6.07) is 11.5. The number of benzene rings is 2. The van der Waals surface area contributed by atoms with Crippen LogP contribution in [-0.2, 0) is 19.0 Å². The monoisotopic (exact) mass is 443 g/mol. The standard InChI is InChI=1S/C24H29NO7/c1-5-13-30-23(29)25-19(14-21(27)32-24(2,3)4)20(26)15-31-22(28)18-12-8-10-16-9-6-7-11-17(16)18/h5-12,19-20,26H,1,13-15H2,2-4H3,(H,25,29)/t19-,20?/m0/s1. The molecule has 0 aliphatic heterocycles. The molecular weight excluding hydrogens is 414 g/mol. The Morgan fingerprint density at radius 2 is 1.78 bits per heavy atom. The van der Waals surface area contributed by atoms with Crippen molar-refractivity contribution < 1.29 is 33.7 Å². The first-order valence-corrected chi connectivity index (χ1v) is 10.2. The van der Waals surface area contributed by atoms with Crippen LogP contribution in [0, 0.1) is 0 Å². The lowest BCUT2D eigenvalue weighted by Crippen LogP contribution is -2.47. The first-order chi connectivity index (χ1) is 15.1. The zero-order valence-corrected chi connectivity index (χ0v) is 18.5. The number of carbonyl (C=O) groups excluding carboxylic acids is 3. The third-order valence-corrected chi connectivity index (χ3v) is 4.30. The highest BCUT2D eigenvalue weighted by molar-refractivity contribution is 6.04. The average molecular weight is 443 g/mol. The number of aliphatic hydroxyl groups is 1. The molecule has 0 fully saturated rings. The highest BCUT2D eigenvalue weighted by Gasteiger charge is 2.29. The number of hydrogen-bond donors (Lipinski definition) is 2. The van der Waals surface area contributed by atoms with E-state index in [2.05, 4.69) is 11.9 Å². The van der Waals surface area contributed by atoms with Gasteiger partial charge in [-0.3, -0.25) is 4.79 Å². The van der Waals surface area contributed by atoms with Crippen LogP contribution in [0.3, 0.4) is 0 Å². The first-order valence-electron chi connectivity index (χ1n) is 10.2. The number of hydrogen-bond acceptors (Lipinski definition) is 7. The highest BCUT2D eigenvalue weighted by Crippen LogP contribution is 2.19. The van der Waals surface area contributed by atoms with Crippen LogP contribution < -0.4 is 5.32 Å². The second-order valence-corrected chi connectivity index (χ2v) is 8.12. The highest BCUT2D eigenvalue weighted by atomic mass is 16.6. The summed E-state index contributed by atoms with van der Waals surface area (Å²) in [7, 11) is 0. The van der Waals surface area contributed by atoms with Crippen molar-refractivity contribution in [1.29, 1.82) is 0 Å². The summed E-state index contributed by atoms with van der Waals surface area (Å²) in [5.41, 5.74) is -0.395. The van der Waals surface area contributed by atoms with Gasteiger partial charge in [-0.2, -0.15) is 0 Å². The number of nitrogens with one attached hydrogen (secondary N) is 1. The summed E-state index contributed by atoms with van der Waals surface area (Å²) < 4.78 is 15.4. The van der Waals surface area contributed by atoms with Gasteiger partial charge in [-0.1, -0.05) is 49.1 Å². The lowest BCUT2D eigenvalue weighted by Gasteiger charge is -2.25. The Labute approximate surface area is 187 Å². The van der Waals surface area contributed by atoms with E-state index in [0.717, 1.165) is 5.39 Å². The maximum absolute atomic E-state index is 12.6. The van der Waals surface area contributed by atoms with Gasteiger partial charge >= 0.3 is 18.0 Å². The van der Waals surface area contributed by atoms with Gasteiger partial charge in [0, 0.05) is 0 Å². The molecule has 8 heteroatoms. The maximum atomic E-state index is 12.6. The summed E-state index contributed by atoms with van der Waals surface area (Å²) in [6.45, 7) is 8.06. The van der Waals surface area contributed by atoms with E-state index in [1.54, 1.807) is 39.0 Å². The van der Waals surface area contributed by atoms with Crippen LogP contribution in [0.1, 0.15) is 37.6 Å². The molecule has 0 radical (unpaired) electrons. The molecule has 32 heavy (non-hydrogen) atoms. The summed E-state index contributed by atoms with van der Waals surface area (Å²) in [6.07, 6.45) is -1.19. The number of rotatable bonds is 9. The van der Waals surface area contributed by atoms with E-state index in [4.69, 9.17) is 14.2 Å². The molecule has 2 aromatic rings. The average Bonchev–Trinajstić information content (AvgIpc) is 2.73. The van der Waals surface area contributed by atoms with Crippen LogP contribution in [0.15, 0.2) is 55.1 Å². The molecule has 1 unspecified atom stereocenters. The molecule has 0 bridgehead atoms. The van der Waals surface area contributed by atoms with Gasteiger partial charge < -0.3 is 24.6 Å². The lowest BCUT2D eigenvalue weighted by atomic mass is 10.0. The van der Waals surface area contributed by atoms with Crippen molar-refractivity contribution in [3.05, 3.63) is 60.7 Å². The van der Waals surface area contributed by atoms with Gasteiger partial charge in [-0.15, -0.1) is 0 Å². The smallest absolute Gasteiger partial charge is 0.407 e. The maximum Gasteiger partial charge on any atom is 0.407 e. The predicted molar refractivity (Wildman–Crippen MR) is 119 cm³/mol. The SMILES string of the molecule is C=CCOC(=O)N[C@@H](CC(=O)OC(C)(C)C)C(O)COC(=O)c1cccc2ccccc12. The topological polar surface area (TPSA) is 111 Å². The summed E-state index contributed by atoms with van der Waals surface area (Å²) in [4.78, 5) is 36.8. The summed E-state index contributed by atoms with van der Waals surface area (Å²) in [5.74, 6) is -1.27. The van der Waals surface area contributed by atoms with Gasteiger partial charge in [-0.05, 0) is 37.6 Å². The number of carbonyl (C=O) groups is 3. The van der Waals surface area contributed by atoms with Crippen LogP contribution in [0.5, 0.6) is 0 Å². The Morgan fingerprint density at radius 3 is 2.47 bits per heavy atom. The number of aliphatic hydroxyl groups excluding tert-OH is 1. The third kappa shape index (κ3) is 7.70. The minimum absolute atomic E-state index is 0.0445. The Hall–Kier alpha value is -3.39. The fourth-order valence-electron chi connectivity index (χ4n) is 2.93. The van der Waals surface area contributed by atoms with Crippen molar-refractivity contribution in [3.63, 3.8) is 0 Å². The van der Waals surface area contributed by atoms with E-state index in [1.807, 2.05) is 24.3 Å². The third-order valence-electron chi connectivity index (χ3n) is 4.30. The number of esters is 2. The van der Waals surface area contributed by atoms with E-state index in [-0.39, 0.29) is 13.0 Å². The minimum Gasteiger partial charge on any atom is -0.460 e. The lowest BCUT2D eigenvalue weighted by molar-refractivity contribution is -0.156. The molecule has 172 valence electrons. The van der Waals surface area contributed by atoms with Crippen LogP contribution >= 0.6 is 0 Å². The van der Waals surface area contributed by atoms with Crippen molar-refractivity contribution in [2.24, 2.45) is 0 Å². The van der Waals surface area contributed by atoms with E-state index in [1.165, 1.54) is 6.08 Å². The fraction of sp³-hybridized carbons (Fsp3) is 0.375. The minimum atomic E-state index is -1.38. The van der Waals surface area contributed by atoms with Crippen LogP contribution in [0.4, 0.5) is 4.79 Å². The van der Waals surface area contributed by atoms with Gasteiger partial charge in [-0.25, -0.2) is 9.59 Å². The van der Waals surface area contributed by atoms with Crippen molar-refractivity contribution in [1.82, 2.24) is 5.32 Å². The molecule has 0 spiro atoms. The molecule has 0 aliphatic carbocycles. The van der Waals surface area contributed by atoms with Gasteiger partial charge in [0.15, 0.2) is 0 Å². The second kappa shape index (κ2) is 11.3. The van der Waals surface area contributed by atoms with Crippen LogP contribution in [-0.4, -0.2) is 54.1 Å². The second-order valence-electron chi connectivity index (χ2n) is 8.12. The normalized spacial score (nSPS) is 13.0. The van der Waals surface area contributed by atoms with Crippen LogP contribution in [0.2, 0.25) is 0 Å². The molecule has 2 aromatic carbocycles. The largest absolute Gasteiger partial charge is 0.460 e. The first kappa shape index (κ1) is 24.9.